The lowest BCUT2D eigenvalue weighted by atomic mass is 10.0. The minimum absolute atomic E-state index is 0.0231. The number of carbonyl (C=O) groups is 2. The fourth-order valence-electron chi connectivity index (χ4n) is 1.75. The normalized spacial score (nSPS) is 20.3. The van der Waals surface area contributed by atoms with Gasteiger partial charge in [0.05, 0.1) is 12.6 Å². The van der Waals surface area contributed by atoms with Crippen LogP contribution in [-0.2, 0) is 9.59 Å². The molecule has 0 saturated carbocycles. The van der Waals surface area contributed by atoms with E-state index in [9.17, 15) is 9.59 Å². The highest BCUT2D eigenvalue weighted by atomic mass is 16.2. The van der Waals surface area contributed by atoms with Gasteiger partial charge in [0.15, 0.2) is 0 Å². The second-order valence-corrected chi connectivity index (χ2v) is 4.48. The molecule has 92 valence electrons. The molecule has 0 spiro atoms. The van der Waals surface area contributed by atoms with Gasteiger partial charge in [0.1, 0.15) is 0 Å². The van der Waals surface area contributed by atoms with Gasteiger partial charge in [0.25, 0.3) is 0 Å². The van der Waals surface area contributed by atoms with E-state index < -0.39 is 0 Å². The van der Waals surface area contributed by atoms with Crippen LogP contribution in [0.25, 0.3) is 0 Å². The first-order chi connectivity index (χ1) is 7.52. The highest BCUT2D eigenvalue weighted by molar-refractivity contribution is 5.87. The van der Waals surface area contributed by atoms with Crippen LogP contribution < -0.4 is 5.32 Å². The van der Waals surface area contributed by atoms with Crippen molar-refractivity contribution in [2.45, 2.75) is 25.3 Å². The van der Waals surface area contributed by atoms with E-state index in [0.717, 1.165) is 25.8 Å². The highest BCUT2D eigenvalue weighted by Crippen LogP contribution is 2.09. The van der Waals surface area contributed by atoms with Crippen LogP contribution in [0.15, 0.2) is 0 Å². The SMILES string of the molecule is CN(C)C(=O)CN(C)C(=O)[C@H]1CCCCN1. The minimum atomic E-state index is -0.103. The third-order valence-electron chi connectivity index (χ3n) is 2.86. The summed E-state index contributed by atoms with van der Waals surface area (Å²) in [4.78, 5) is 26.4. The van der Waals surface area contributed by atoms with E-state index in [1.165, 1.54) is 9.80 Å². The Bertz CT molecular complexity index is 260. The number of likely N-dealkylation sites (N-methyl/N-ethyl adjacent to an activating group) is 2. The molecular formula is C11H21N3O2. The van der Waals surface area contributed by atoms with Crippen molar-refractivity contribution in [1.29, 1.82) is 0 Å². The summed E-state index contributed by atoms with van der Waals surface area (Å²) in [6, 6.07) is -0.103. The lowest BCUT2D eigenvalue weighted by molar-refractivity contribution is -0.139. The van der Waals surface area contributed by atoms with Gasteiger partial charge in [-0.05, 0) is 19.4 Å². The largest absolute Gasteiger partial charge is 0.347 e. The second-order valence-electron chi connectivity index (χ2n) is 4.48. The summed E-state index contributed by atoms with van der Waals surface area (Å²) in [5.74, 6) is -0.0263. The Kier molecular flexibility index (Phi) is 4.73. The van der Waals surface area contributed by atoms with Crippen LogP contribution in [0.2, 0.25) is 0 Å². The summed E-state index contributed by atoms with van der Waals surface area (Å²) < 4.78 is 0. The second kappa shape index (κ2) is 5.84. The third kappa shape index (κ3) is 3.48. The first-order valence-corrected chi connectivity index (χ1v) is 5.71. The van der Waals surface area contributed by atoms with Gasteiger partial charge in [-0.2, -0.15) is 0 Å². The van der Waals surface area contributed by atoms with Gasteiger partial charge in [-0.15, -0.1) is 0 Å². The predicted octanol–water partition coefficient (Wildman–Crippen LogP) is -0.325. The molecule has 16 heavy (non-hydrogen) atoms. The van der Waals surface area contributed by atoms with E-state index in [0.29, 0.717) is 0 Å². The Labute approximate surface area is 96.8 Å². The van der Waals surface area contributed by atoms with Crippen molar-refractivity contribution in [3.05, 3.63) is 0 Å². The number of carbonyl (C=O) groups excluding carboxylic acids is 2. The molecule has 0 aromatic carbocycles. The van der Waals surface area contributed by atoms with Gasteiger partial charge >= 0.3 is 0 Å². The average Bonchev–Trinajstić information content (AvgIpc) is 2.28. The number of hydrogen-bond acceptors (Lipinski definition) is 3. The molecule has 1 N–H and O–H groups in total. The van der Waals surface area contributed by atoms with Crippen LogP contribution in [0.4, 0.5) is 0 Å². The minimum Gasteiger partial charge on any atom is -0.347 e. The monoisotopic (exact) mass is 227 g/mol. The maximum Gasteiger partial charge on any atom is 0.241 e. The topological polar surface area (TPSA) is 52.7 Å². The lowest BCUT2D eigenvalue weighted by Crippen LogP contribution is -2.49. The highest BCUT2D eigenvalue weighted by Gasteiger charge is 2.24. The third-order valence-corrected chi connectivity index (χ3v) is 2.86. The Morgan fingerprint density at radius 3 is 2.44 bits per heavy atom. The molecule has 0 unspecified atom stereocenters. The average molecular weight is 227 g/mol. The zero-order valence-corrected chi connectivity index (χ0v) is 10.3. The fourth-order valence-corrected chi connectivity index (χ4v) is 1.75. The van der Waals surface area contributed by atoms with Gasteiger partial charge in [0.2, 0.25) is 11.8 Å². The molecule has 1 fully saturated rings. The number of amides is 2. The van der Waals surface area contributed by atoms with Crippen molar-refractivity contribution in [1.82, 2.24) is 15.1 Å². The molecule has 1 atom stereocenters. The van der Waals surface area contributed by atoms with Gasteiger partial charge < -0.3 is 15.1 Å². The van der Waals surface area contributed by atoms with Crippen LogP contribution in [0.1, 0.15) is 19.3 Å². The zero-order valence-electron chi connectivity index (χ0n) is 10.3. The first-order valence-electron chi connectivity index (χ1n) is 5.71. The molecule has 1 aliphatic heterocycles. The standard InChI is InChI=1S/C11H21N3O2/c1-13(2)10(15)8-14(3)11(16)9-6-4-5-7-12-9/h9,12H,4-8H2,1-3H3/t9-/m1/s1. The van der Waals surface area contributed by atoms with E-state index in [4.69, 9.17) is 0 Å². The summed E-state index contributed by atoms with van der Waals surface area (Å²) in [7, 11) is 5.07. The smallest absolute Gasteiger partial charge is 0.241 e. The van der Waals surface area contributed by atoms with Crippen molar-refractivity contribution in [3.8, 4) is 0 Å². The van der Waals surface area contributed by atoms with Gasteiger partial charge in [0, 0.05) is 21.1 Å². The van der Waals surface area contributed by atoms with Crippen LogP contribution in [-0.4, -0.2) is 61.9 Å². The quantitative estimate of drug-likeness (QED) is 0.718. The predicted molar refractivity (Wildman–Crippen MR) is 62.0 cm³/mol. The first kappa shape index (κ1) is 13.0. The maximum atomic E-state index is 11.9. The Morgan fingerprint density at radius 1 is 1.25 bits per heavy atom. The van der Waals surface area contributed by atoms with E-state index in [-0.39, 0.29) is 24.4 Å². The summed E-state index contributed by atoms with van der Waals surface area (Å²) in [5, 5.41) is 3.19. The number of rotatable bonds is 3. The number of nitrogens with zero attached hydrogens (tertiary/aromatic N) is 2. The van der Waals surface area contributed by atoms with Crippen molar-refractivity contribution in [2.24, 2.45) is 0 Å². The van der Waals surface area contributed by atoms with Gasteiger partial charge in [-0.1, -0.05) is 6.42 Å². The van der Waals surface area contributed by atoms with Crippen LogP contribution >= 0.6 is 0 Å². The summed E-state index contributed by atoms with van der Waals surface area (Å²) >= 11 is 0. The Balaban J connectivity index is 2.43. The molecule has 0 aromatic heterocycles. The number of hydrogen-bond donors (Lipinski definition) is 1. The van der Waals surface area contributed by atoms with Crippen molar-refractivity contribution < 1.29 is 9.59 Å². The van der Waals surface area contributed by atoms with Crippen molar-refractivity contribution >= 4 is 11.8 Å². The zero-order chi connectivity index (χ0) is 12.1. The molecule has 5 nitrogen and oxygen atoms in total. The molecule has 1 aliphatic rings. The molecule has 0 bridgehead atoms. The van der Waals surface area contributed by atoms with Crippen molar-refractivity contribution in [2.75, 3.05) is 34.2 Å². The van der Waals surface area contributed by atoms with Crippen LogP contribution in [0, 0.1) is 0 Å². The van der Waals surface area contributed by atoms with E-state index in [2.05, 4.69) is 5.32 Å². The Hall–Kier alpha value is -1.10. The number of piperidine rings is 1. The fraction of sp³-hybridized carbons (Fsp3) is 0.818. The molecule has 1 saturated heterocycles. The van der Waals surface area contributed by atoms with Crippen LogP contribution in [0.5, 0.6) is 0 Å². The van der Waals surface area contributed by atoms with Gasteiger partial charge in [-0.3, -0.25) is 9.59 Å². The molecule has 0 aromatic rings. The molecule has 1 heterocycles. The molecule has 5 heteroatoms. The molecule has 1 rings (SSSR count). The van der Waals surface area contributed by atoms with E-state index in [1.54, 1.807) is 21.1 Å². The maximum absolute atomic E-state index is 11.9. The van der Waals surface area contributed by atoms with Crippen LogP contribution in [0.3, 0.4) is 0 Å². The summed E-state index contributed by atoms with van der Waals surface area (Å²) in [5.41, 5.74) is 0. The molecule has 2 amide bonds. The summed E-state index contributed by atoms with van der Waals surface area (Å²) in [6.45, 7) is 1.05. The van der Waals surface area contributed by atoms with E-state index >= 15 is 0 Å². The molecule has 0 radical (unpaired) electrons. The lowest BCUT2D eigenvalue weighted by Gasteiger charge is -2.27. The molecule has 0 aliphatic carbocycles. The van der Waals surface area contributed by atoms with Gasteiger partial charge in [-0.25, -0.2) is 0 Å². The Morgan fingerprint density at radius 2 is 1.94 bits per heavy atom. The van der Waals surface area contributed by atoms with Crippen molar-refractivity contribution in [3.63, 3.8) is 0 Å². The van der Waals surface area contributed by atoms with E-state index in [1.807, 2.05) is 0 Å². The number of nitrogens with one attached hydrogen (secondary N) is 1. The molecular weight excluding hydrogens is 206 g/mol. The summed E-state index contributed by atoms with van der Waals surface area (Å²) in [6.07, 6.45) is 3.09.